The molecule has 6 heteroatoms. The van der Waals surface area contributed by atoms with Gasteiger partial charge in [-0.15, -0.1) is 11.3 Å². The molecule has 98 valence electrons. The first-order valence-corrected chi connectivity index (χ1v) is 7.00. The van der Waals surface area contributed by atoms with Crippen LogP contribution in [0.1, 0.15) is 35.9 Å². The summed E-state index contributed by atoms with van der Waals surface area (Å²) >= 11 is 1.64. The maximum absolute atomic E-state index is 5.63. The average Bonchev–Trinajstić information content (AvgIpc) is 2.96. The maximum atomic E-state index is 5.63. The number of aryl methyl sites for hydroxylation is 2. The van der Waals surface area contributed by atoms with Crippen molar-refractivity contribution in [2.45, 2.75) is 39.3 Å². The Kier molecular flexibility index (Phi) is 4.46. The third kappa shape index (κ3) is 2.95. The second-order valence-electron chi connectivity index (χ2n) is 4.25. The van der Waals surface area contributed by atoms with Crippen LogP contribution in [0.4, 0.5) is 0 Å². The van der Waals surface area contributed by atoms with Crippen molar-refractivity contribution in [2.75, 3.05) is 0 Å². The van der Waals surface area contributed by atoms with Crippen LogP contribution >= 0.6 is 11.3 Å². The summed E-state index contributed by atoms with van der Waals surface area (Å²) < 4.78 is 2.17. The summed E-state index contributed by atoms with van der Waals surface area (Å²) in [6.07, 6.45) is 5.70. The molecule has 0 radical (unpaired) electrons. The molecule has 3 N–H and O–H groups in total. The Morgan fingerprint density at radius 3 is 3.00 bits per heavy atom. The SMILES string of the molecule is CCCn1ccnc1CC(NN)c1csc(C)n1. The van der Waals surface area contributed by atoms with E-state index in [2.05, 4.69) is 26.9 Å². The largest absolute Gasteiger partial charge is 0.335 e. The number of nitrogens with two attached hydrogens (primary N) is 1. The highest BCUT2D eigenvalue weighted by atomic mass is 32.1. The number of hydrogen-bond donors (Lipinski definition) is 2. The molecule has 0 aliphatic rings. The predicted molar refractivity (Wildman–Crippen MR) is 73.1 cm³/mol. The fourth-order valence-corrected chi connectivity index (χ4v) is 2.61. The van der Waals surface area contributed by atoms with Crippen LogP contribution in [-0.4, -0.2) is 14.5 Å². The van der Waals surface area contributed by atoms with Crippen LogP contribution in [0.3, 0.4) is 0 Å². The number of nitrogens with zero attached hydrogens (tertiary/aromatic N) is 3. The fraction of sp³-hybridized carbons (Fsp3) is 0.500. The Balaban J connectivity index is 2.12. The lowest BCUT2D eigenvalue weighted by Gasteiger charge is -2.14. The van der Waals surface area contributed by atoms with Gasteiger partial charge in [0.1, 0.15) is 5.82 Å². The van der Waals surface area contributed by atoms with Crippen molar-refractivity contribution in [1.29, 1.82) is 0 Å². The van der Waals surface area contributed by atoms with E-state index in [0.717, 1.165) is 35.9 Å². The first-order valence-electron chi connectivity index (χ1n) is 6.12. The third-order valence-corrected chi connectivity index (χ3v) is 3.64. The highest BCUT2D eigenvalue weighted by Crippen LogP contribution is 2.19. The standard InChI is InChI=1S/C12H19N5S/c1-3-5-17-6-4-14-12(17)7-10(16-13)11-8-18-9(2)15-11/h4,6,8,10,16H,3,5,7,13H2,1-2H3. The predicted octanol–water partition coefficient (Wildman–Crippen LogP) is 1.81. The summed E-state index contributed by atoms with van der Waals surface area (Å²) in [5.41, 5.74) is 3.82. The molecule has 0 saturated carbocycles. The molecule has 18 heavy (non-hydrogen) atoms. The monoisotopic (exact) mass is 265 g/mol. The van der Waals surface area contributed by atoms with Crippen LogP contribution < -0.4 is 11.3 Å². The molecule has 2 aromatic heterocycles. The summed E-state index contributed by atoms with van der Waals surface area (Å²) in [7, 11) is 0. The second-order valence-corrected chi connectivity index (χ2v) is 5.31. The zero-order valence-corrected chi connectivity index (χ0v) is 11.6. The van der Waals surface area contributed by atoms with Gasteiger partial charge in [0.05, 0.1) is 16.7 Å². The number of aromatic nitrogens is 3. The molecule has 0 spiro atoms. The zero-order chi connectivity index (χ0) is 13.0. The lowest BCUT2D eigenvalue weighted by atomic mass is 10.1. The summed E-state index contributed by atoms with van der Waals surface area (Å²) in [4.78, 5) is 8.87. The molecule has 0 amide bonds. The van der Waals surface area contributed by atoms with E-state index in [4.69, 9.17) is 5.84 Å². The summed E-state index contributed by atoms with van der Waals surface area (Å²) in [6.45, 7) is 5.15. The van der Waals surface area contributed by atoms with Gasteiger partial charge in [-0.25, -0.2) is 9.97 Å². The van der Waals surface area contributed by atoms with Crippen LogP contribution in [0, 0.1) is 6.92 Å². The van der Waals surface area contributed by atoms with E-state index in [1.807, 2.05) is 24.7 Å². The molecule has 1 unspecified atom stereocenters. The minimum atomic E-state index is 0.0213. The third-order valence-electron chi connectivity index (χ3n) is 2.85. The van der Waals surface area contributed by atoms with Gasteiger partial charge in [0, 0.05) is 30.7 Å². The Morgan fingerprint density at radius 1 is 1.56 bits per heavy atom. The number of imidazole rings is 1. The maximum Gasteiger partial charge on any atom is 0.110 e. The van der Waals surface area contributed by atoms with Crippen molar-refractivity contribution in [3.8, 4) is 0 Å². The first kappa shape index (κ1) is 13.2. The second kappa shape index (κ2) is 6.08. The van der Waals surface area contributed by atoms with Crippen molar-refractivity contribution in [3.63, 3.8) is 0 Å². The normalized spacial score (nSPS) is 12.8. The molecule has 1 atom stereocenters. The average molecular weight is 265 g/mol. The minimum absolute atomic E-state index is 0.0213. The van der Waals surface area contributed by atoms with E-state index in [1.165, 1.54) is 0 Å². The Morgan fingerprint density at radius 2 is 2.39 bits per heavy atom. The van der Waals surface area contributed by atoms with E-state index in [-0.39, 0.29) is 6.04 Å². The van der Waals surface area contributed by atoms with Gasteiger partial charge < -0.3 is 4.57 Å². The van der Waals surface area contributed by atoms with Crippen molar-refractivity contribution >= 4 is 11.3 Å². The molecule has 2 rings (SSSR count). The van der Waals surface area contributed by atoms with Gasteiger partial charge in [-0.05, 0) is 13.3 Å². The van der Waals surface area contributed by atoms with Gasteiger partial charge in [0.2, 0.25) is 0 Å². The molecule has 0 aliphatic carbocycles. The lowest BCUT2D eigenvalue weighted by molar-refractivity contribution is 0.508. The van der Waals surface area contributed by atoms with Crippen molar-refractivity contribution in [3.05, 3.63) is 34.3 Å². The Labute approximate surface area is 111 Å². The topological polar surface area (TPSA) is 68.8 Å². The number of hydrazine groups is 1. The van der Waals surface area contributed by atoms with Crippen LogP contribution in [0.15, 0.2) is 17.8 Å². The van der Waals surface area contributed by atoms with Crippen LogP contribution in [-0.2, 0) is 13.0 Å². The zero-order valence-electron chi connectivity index (χ0n) is 10.8. The number of rotatable bonds is 6. The van der Waals surface area contributed by atoms with Crippen LogP contribution in [0.2, 0.25) is 0 Å². The minimum Gasteiger partial charge on any atom is -0.335 e. The van der Waals surface area contributed by atoms with Gasteiger partial charge in [0.25, 0.3) is 0 Å². The molecule has 0 fully saturated rings. The van der Waals surface area contributed by atoms with Gasteiger partial charge in [-0.2, -0.15) is 0 Å². The molecule has 0 aromatic carbocycles. The molecule has 0 saturated heterocycles. The summed E-state index contributed by atoms with van der Waals surface area (Å²) in [5.74, 6) is 6.68. The van der Waals surface area contributed by atoms with Gasteiger partial charge in [0.15, 0.2) is 0 Å². The molecular formula is C12H19N5S. The smallest absolute Gasteiger partial charge is 0.110 e. The fourth-order valence-electron chi connectivity index (χ4n) is 1.95. The van der Waals surface area contributed by atoms with Gasteiger partial charge in [-0.1, -0.05) is 6.92 Å². The molecular weight excluding hydrogens is 246 g/mol. The Bertz CT molecular complexity index is 490. The first-order chi connectivity index (χ1) is 8.74. The number of nitrogens with one attached hydrogen (secondary N) is 1. The number of hydrogen-bond acceptors (Lipinski definition) is 5. The highest BCUT2D eigenvalue weighted by molar-refractivity contribution is 7.09. The van der Waals surface area contributed by atoms with Crippen molar-refractivity contribution in [1.82, 2.24) is 20.0 Å². The van der Waals surface area contributed by atoms with E-state index in [9.17, 15) is 0 Å². The summed E-state index contributed by atoms with van der Waals surface area (Å²) in [5, 5.41) is 3.11. The van der Waals surface area contributed by atoms with Gasteiger partial charge >= 0.3 is 0 Å². The Hall–Kier alpha value is -1.24. The molecule has 0 bridgehead atoms. The van der Waals surface area contributed by atoms with Gasteiger partial charge in [-0.3, -0.25) is 11.3 Å². The highest BCUT2D eigenvalue weighted by Gasteiger charge is 2.16. The van der Waals surface area contributed by atoms with E-state index >= 15 is 0 Å². The summed E-state index contributed by atoms with van der Waals surface area (Å²) in [6, 6.07) is 0.0213. The van der Waals surface area contributed by atoms with Crippen molar-refractivity contribution in [2.24, 2.45) is 5.84 Å². The molecule has 2 heterocycles. The van der Waals surface area contributed by atoms with Crippen molar-refractivity contribution < 1.29 is 0 Å². The van der Waals surface area contributed by atoms with E-state index < -0.39 is 0 Å². The quantitative estimate of drug-likeness (QED) is 0.617. The van der Waals surface area contributed by atoms with Crippen LogP contribution in [0.5, 0.6) is 0 Å². The lowest BCUT2D eigenvalue weighted by Crippen LogP contribution is -2.30. The number of thiazole rings is 1. The molecule has 2 aromatic rings. The van der Waals surface area contributed by atoms with Crippen LogP contribution in [0.25, 0.3) is 0 Å². The molecule has 0 aliphatic heterocycles. The van der Waals surface area contributed by atoms with E-state index in [1.54, 1.807) is 11.3 Å². The van der Waals surface area contributed by atoms with E-state index in [0.29, 0.717) is 0 Å². The molecule has 5 nitrogen and oxygen atoms in total.